The zero-order valence-electron chi connectivity index (χ0n) is 12.1. The Kier molecular flexibility index (Phi) is 5.20. The normalized spacial score (nSPS) is 11.4. The van der Waals surface area contributed by atoms with Crippen molar-refractivity contribution in [3.05, 3.63) is 39.5 Å². The number of hydrogen-bond donors (Lipinski definition) is 0. The summed E-state index contributed by atoms with van der Waals surface area (Å²) in [5.74, 6) is -0.717. The van der Waals surface area contributed by atoms with Crippen LogP contribution in [0.3, 0.4) is 0 Å². The van der Waals surface area contributed by atoms with E-state index in [1.807, 2.05) is 12.1 Å². The number of halogens is 2. The molecule has 8 heteroatoms. The highest BCUT2D eigenvalue weighted by Crippen LogP contribution is 2.30. The lowest BCUT2D eigenvalue weighted by Crippen LogP contribution is -2.26. The van der Waals surface area contributed by atoms with Crippen LogP contribution in [0.2, 0.25) is 5.02 Å². The maximum absolute atomic E-state index is 11.8. The summed E-state index contributed by atoms with van der Waals surface area (Å²) in [6, 6.07) is 7.21. The van der Waals surface area contributed by atoms with Crippen LogP contribution in [0.5, 0.6) is 0 Å². The average Bonchev–Trinajstić information content (AvgIpc) is 2.81. The number of oxime groups is 1. The van der Waals surface area contributed by atoms with Crippen molar-refractivity contribution in [1.82, 2.24) is 9.78 Å². The first-order valence-corrected chi connectivity index (χ1v) is 7.37. The second-order valence-electron chi connectivity index (χ2n) is 4.26. The molecule has 0 saturated carbocycles. The fourth-order valence-corrected chi connectivity index (χ4v) is 2.42. The molecule has 0 N–H and O–H groups in total. The molecule has 2 aromatic rings. The van der Waals surface area contributed by atoms with E-state index in [4.69, 9.17) is 21.2 Å². The van der Waals surface area contributed by atoms with Crippen molar-refractivity contribution in [3.8, 4) is 11.3 Å². The number of esters is 1. The lowest BCUT2D eigenvalue weighted by Gasteiger charge is -2.05. The maximum Gasteiger partial charge on any atom is 0.379 e. The fourth-order valence-electron chi connectivity index (χ4n) is 1.82. The minimum atomic E-state index is -0.650. The van der Waals surface area contributed by atoms with Crippen LogP contribution in [0.1, 0.15) is 5.69 Å². The number of benzene rings is 1. The number of nitrogens with zero attached hydrogens (tertiary/aromatic N) is 3. The molecule has 6 nitrogen and oxygen atoms in total. The Bertz CT molecular complexity index is 726. The van der Waals surface area contributed by atoms with E-state index in [0.29, 0.717) is 16.4 Å². The molecule has 0 aliphatic carbocycles. The number of hydrogen-bond acceptors (Lipinski definition) is 5. The van der Waals surface area contributed by atoms with Gasteiger partial charge >= 0.3 is 5.97 Å². The number of aromatic nitrogens is 2. The van der Waals surface area contributed by atoms with Crippen molar-refractivity contribution >= 4 is 39.3 Å². The van der Waals surface area contributed by atoms with Crippen LogP contribution >= 0.6 is 27.5 Å². The van der Waals surface area contributed by atoms with E-state index in [9.17, 15) is 4.79 Å². The molecule has 0 radical (unpaired) electrons. The van der Waals surface area contributed by atoms with Gasteiger partial charge in [-0.1, -0.05) is 28.9 Å². The number of carbonyl (C=O) groups excluding carboxylic acids is 1. The Balaban J connectivity index is 2.56. The first kappa shape index (κ1) is 16.5. The second-order valence-corrected chi connectivity index (χ2v) is 5.49. The van der Waals surface area contributed by atoms with Crippen LogP contribution in [-0.4, -0.2) is 35.8 Å². The van der Waals surface area contributed by atoms with Crippen LogP contribution in [0.25, 0.3) is 11.3 Å². The van der Waals surface area contributed by atoms with E-state index in [1.54, 1.807) is 19.1 Å². The summed E-state index contributed by atoms with van der Waals surface area (Å²) in [5, 5.41) is 8.73. The van der Waals surface area contributed by atoms with Crippen molar-refractivity contribution in [2.45, 2.75) is 6.92 Å². The molecule has 0 saturated heterocycles. The van der Waals surface area contributed by atoms with E-state index in [2.05, 4.69) is 26.2 Å². The Morgan fingerprint density at radius 2 is 1.95 bits per heavy atom. The molecule has 0 atom stereocenters. The largest absolute Gasteiger partial charge is 0.463 e. The summed E-state index contributed by atoms with van der Waals surface area (Å²) < 4.78 is 6.80. The molecule has 0 aliphatic rings. The Labute approximate surface area is 140 Å². The second kappa shape index (κ2) is 6.93. The van der Waals surface area contributed by atoms with Gasteiger partial charge in [0.15, 0.2) is 0 Å². The van der Waals surface area contributed by atoms with Crippen molar-refractivity contribution in [3.63, 3.8) is 0 Å². The van der Waals surface area contributed by atoms with Crippen LogP contribution < -0.4 is 0 Å². The van der Waals surface area contributed by atoms with Gasteiger partial charge < -0.3 is 9.57 Å². The number of carbonyl (C=O) groups is 1. The summed E-state index contributed by atoms with van der Waals surface area (Å²) >= 11 is 9.38. The average molecular weight is 387 g/mol. The highest BCUT2D eigenvalue weighted by molar-refractivity contribution is 9.10. The number of rotatable bonds is 2. The molecular formula is C14H13BrClN3O3. The van der Waals surface area contributed by atoms with Gasteiger partial charge in [-0.05, 0) is 35.0 Å². The third-order valence-electron chi connectivity index (χ3n) is 2.91. The smallest absolute Gasteiger partial charge is 0.379 e. The molecule has 22 heavy (non-hydrogen) atoms. The summed E-state index contributed by atoms with van der Waals surface area (Å²) in [6.07, 6.45) is 0. The van der Waals surface area contributed by atoms with E-state index in [-0.39, 0.29) is 5.84 Å². The summed E-state index contributed by atoms with van der Waals surface area (Å²) in [4.78, 5) is 16.5. The highest BCUT2D eigenvalue weighted by Gasteiger charge is 2.23. The van der Waals surface area contributed by atoms with Crippen LogP contribution in [0, 0.1) is 6.92 Å². The van der Waals surface area contributed by atoms with Gasteiger partial charge in [0.25, 0.3) is 5.84 Å². The molecule has 0 fully saturated rings. The van der Waals surface area contributed by atoms with Gasteiger partial charge in [0.2, 0.25) is 0 Å². The minimum absolute atomic E-state index is 0.0663. The molecule has 1 aromatic heterocycles. The molecule has 0 spiro atoms. The van der Waals surface area contributed by atoms with E-state index in [1.165, 1.54) is 18.9 Å². The van der Waals surface area contributed by atoms with Crippen molar-refractivity contribution in [2.24, 2.45) is 5.16 Å². The summed E-state index contributed by atoms with van der Waals surface area (Å²) in [7, 11) is 2.61. The van der Waals surface area contributed by atoms with Gasteiger partial charge in [-0.25, -0.2) is 9.48 Å². The first-order valence-electron chi connectivity index (χ1n) is 6.20. The van der Waals surface area contributed by atoms with Gasteiger partial charge in [-0.2, -0.15) is 5.10 Å². The topological polar surface area (TPSA) is 65.7 Å². The molecule has 1 aromatic carbocycles. The molecule has 0 aliphatic heterocycles. The maximum atomic E-state index is 11.8. The Morgan fingerprint density at radius 1 is 1.32 bits per heavy atom. The van der Waals surface area contributed by atoms with Gasteiger partial charge in [0.05, 0.1) is 17.3 Å². The standard InChI is InChI=1S/C14H13BrClN3O3/c1-8-11(15)12(9-4-6-10(16)7-5-9)17-19(8)13(18-22-3)14(20)21-2/h4-7H,1-3H3. The fraction of sp³-hybridized carbons (Fsp3) is 0.214. The number of ether oxygens (including phenoxy) is 1. The van der Waals surface area contributed by atoms with Gasteiger partial charge in [-0.3, -0.25) is 0 Å². The number of methoxy groups -OCH3 is 1. The molecule has 0 unspecified atom stereocenters. The van der Waals surface area contributed by atoms with E-state index >= 15 is 0 Å². The van der Waals surface area contributed by atoms with Gasteiger partial charge in [0, 0.05) is 10.6 Å². The van der Waals surface area contributed by atoms with E-state index in [0.717, 1.165) is 10.0 Å². The van der Waals surface area contributed by atoms with Crippen LogP contribution in [-0.2, 0) is 14.4 Å². The van der Waals surface area contributed by atoms with Crippen LogP contribution in [0.15, 0.2) is 33.9 Å². The van der Waals surface area contributed by atoms with Crippen LogP contribution in [0.4, 0.5) is 0 Å². The quantitative estimate of drug-likeness (QED) is 0.344. The van der Waals surface area contributed by atoms with Crippen molar-refractivity contribution in [2.75, 3.05) is 14.2 Å². The third kappa shape index (κ3) is 3.15. The molecule has 116 valence electrons. The monoisotopic (exact) mass is 385 g/mol. The molecule has 2 rings (SSSR count). The molecule has 0 amide bonds. The summed E-state index contributed by atoms with van der Waals surface area (Å²) in [5.41, 5.74) is 2.19. The van der Waals surface area contributed by atoms with Gasteiger partial charge in [-0.15, -0.1) is 0 Å². The first-order chi connectivity index (χ1) is 10.5. The van der Waals surface area contributed by atoms with E-state index < -0.39 is 5.97 Å². The highest BCUT2D eigenvalue weighted by atomic mass is 79.9. The zero-order chi connectivity index (χ0) is 16.3. The Hall–Kier alpha value is -1.86. The Morgan fingerprint density at radius 3 is 2.50 bits per heavy atom. The molecule has 0 bridgehead atoms. The third-order valence-corrected chi connectivity index (χ3v) is 4.11. The lowest BCUT2D eigenvalue weighted by atomic mass is 10.1. The molecule has 1 heterocycles. The summed E-state index contributed by atoms with van der Waals surface area (Å²) in [6.45, 7) is 1.80. The van der Waals surface area contributed by atoms with Crippen molar-refractivity contribution in [1.29, 1.82) is 0 Å². The predicted molar refractivity (Wildman–Crippen MR) is 87.0 cm³/mol. The minimum Gasteiger partial charge on any atom is -0.463 e. The zero-order valence-corrected chi connectivity index (χ0v) is 14.5. The van der Waals surface area contributed by atoms with Gasteiger partial charge in [0.1, 0.15) is 12.8 Å². The molecular weight excluding hydrogens is 374 g/mol. The lowest BCUT2D eigenvalue weighted by molar-refractivity contribution is -0.133. The predicted octanol–water partition coefficient (Wildman–Crippen LogP) is 3.26. The SMILES string of the molecule is CON=C(C(=O)OC)n1nc(-c2ccc(Cl)cc2)c(Br)c1C. The van der Waals surface area contributed by atoms with Crippen molar-refractivity contribution < 1.29 is 14.4 Å².